The molecule has 3 N–H and O–H groups in total. The topological polar surface area (TPSA) is 121 Å². The van der Waals surface area contributed by atoms with Crippen molar-refractivity contribution in [2.75, 3.05) is 19.0 Å². The van der Waals surface area contributed by atoms with Gasteiger partial charge in [-0.25, -0.2) is 18.8 Å². The van der Waals surface area contributed by atoms with Gasteiger partial charge in [0.25, 0.3) is 0 Å². The molecule has 172 valence electrons. The van der Waals surface area contributed by atoms with Crippen molar-refractivity contribution in [3.63, 3.8) is 0 Å². The highest BCUT2D eigenvalue weighted by Crippen LogP contribution is 2.43. The molecular formula is C22H29N5O4S. The van der Waals surface area contributed by atoms with E-state index in [1.54, 1.807) is 11.8 Å². The normalized spacial score (nSPS) is 22.3. The lowest BCUT2D eigenvalue weighted by molar-refractivity contribution is 0.0972. The van der Waals surface area contributed by atoms with Crippen LogP contribution in [0, 0.1) is 5.41 Å². The zero-order chi connectivity index (χ0) is 22.7. The third-order valence-electron chi connectivity index (χ3n) is 6.53. The Balaban J connectivity index is 1.47. The van der Waals surface area contributed by atoms with Gasteiger partial charge >= 0.3 is 6.03 Å². The lowest BCUT2D eigenvalue weighted by Gasteiger charge is -2.30. The van der Waals surface area contributed by atoms with Crippen LogP contribution in [0.1, 0.15) is 55.0 Å². The third kappa shape index (κ3) is 3.60. The number of urea groups is 1. The van der Waals surface area contributed by atoms with Crippen LogP contribution in [0.3, 0.4) is 0 Å². The molecular weight excluding hydrogens is 430 g/mol. The van der Waals surface area contributed by atoms with E-state index in [1.165, 1.54) is 11.8 Å². The standard InChI is InChI=1S/C22H29N5O4S/c1-22(2)11-27-20(31-12-22)18(10-24-27)32(23,29)26-21(28)25-19-14-6-4-5-13(14)9-16-15(19)7-8-17(16)30-3/h9-10,17H,4-8,11-12H2,1-3H3,(H3,23,25,26,28,29)/t17-,32-/m0/s1. The molecule has 0 bridgehead atoms. The van der Waals surface area contributed by atoms with E-state index in [0.717, 1.165) is 54.5 Å². The summed E-state index contributed by atoms with van der Waals surface area (Å²) in [5.41, 5.74) is 5.26. The number of carbonyl (C=O) groups excluding carboxylic acids is 1. The fourth-order valence-electron chi connectivity index (χ4n) is 5.03. The fraction of sp³-hybridized carbons (Fsp3) is 0.545. The van der Waals surface area contributed by atoms with E-state index in [9.17, 15) is 9.00 Å². The molecule has 1 aliphatic heterocycles. The summed E-state index contributed by atoms with van der Waals surface area (Å²) in [5.74, 6) is 0.317. The Morgan fingerprint density at radius 3 is 2.97 bits per heavy atom. The molecule has 0 spiro atoms. The predicted octanol–water partition coefficient (Wildman–Crippen LogP) is 3.36. The smallest absolute Gasteiger partial charge is 0.354 e. The van der Waals surface area contributed by atoms with Crippen LogP contribution in [0.15, 0.2) is 21.5 Å². The van der Waals surface area contributed by atoms with E-state index in [4.69, 9.17) is 14.6 Å². The van der Waals surface area contributed by atoms with Gasteiger partial charge in [-0.1, -0.05) is 19.9 Å². The first-order valence-corrected chi connectivity index (χ1v) is 12.5. The molecule has 1 aromatic carbocycles. The molecule has 32 heavy (non-hydrogen) atoms. The number of rotatable bonds is 3. The average molecular weight is 460 g/mol. The van der Waals surface area contributed by atoms with Crippen molar-refractivity contribution in [1.29, 1.82) is 0 Å². The number of aromatic nitrogens is 2. The summed E-state index contributed by atoms with van der Waals surface area (Å²) in [7, 11) is -1.82. The number of hydrogen-bond donors (Lipinski definition) is 2. The van der Waals surface area contributed by atoms with Gasteiger partial charge in [0.2, 0.25) is 5.88 Å². The molecule has 5 rings (SSSR count). The lowest BCUT2D eigenvalue weighted by Crippen LogP contribution is -2.33. The van der Waals surface area contributed by atoms with Crippen LogP contribution in [0.2, 0.25) is 0 Å². The highest BCUT2D eigenvalue weighted by atomic mass is 32.2. The molecule has 0 unspecified atom stereocenters. The summed E-state index contributed by atoms with van der Waals surface area (Å²) < 4.78 is 30.1. The summed E-state index contributed by atoms with van der Waals surface area (Å²) in [6, 6.07) is 1.49. The zero-order valence-corrected chi connectivity index (χ0v) is 19.5. The molecule has 9 nitrogen and oxygen atoms in total. The van der Waals surface area contributed by atoms with Crippen molar-refractivity contribution in [2.24, 2.45) is 14.9 Å². The number of nitrogens with one attached hydrogen (secondary N) is 1. The van der Waals surface area contributed by atoms with Crippen molar-refractivity contribution < 1.29 is 18.5 Å². The molecule has 0 saturated heterocycles. The summed E-state index contributed by atoms with van der Waals surface area (Å²) >= 11 is 0. The Bertz CT molecular complexity index is 1230. The number of fused-ring (bicyclic) bond motifs is 3. The zero-order valence-electron chi connectivity index (χ0n) is 18.6. The molecule has 2 atom stereocenters. The van der Waals surface area contributed by atoms with E-state index in [-0.39, 0.29) is 16.4 Å². The average Bonchev–Trinajstić information content (AvgIpc) is 3.43. The summed E-state index contributed by atoms with van der Waals surface area (Å²) in [4.78, 5) is 13.1. The van der Waals surface area contributed by atoms with E-state index in [0.29, 0.717) is 19.0 Å². The first kappa shape index (κ1) is 21.4. The van der Waals surface area contributed by atoms with Crippen LogP contribution in [-0.2, 0) is 40.5 Å². The number of benzene rings is 1. The number of methoxy groups -OCH3 is 1. The molecule has 2 heterocycles. The van der Waals surface area contributed by atoms with Gasteiger partial charge in [-0.3, -0.25) is 0 Å². The van der Waals surface area contributed by atoms with Crippen LogP contribution < -0.4 is 15.2 Å². The number of nitrogens with zero attached hydrogens (tertiary/aromatic N) is 3. The van der Waals surface area contributed by atoms with Gasteiger partial charge in [0, 0.05) is 18.2 Å². The minimum Gasteiger partial charge on any atom is -0.476 e. The number of aryl methyl sites for hydroxylation is 1. The largest absolute Gasteiger partial charge is 0.476 e. The van der Waals surface area contributed by atoms with Gasteiger partial charge in [0.15, 0.2) is 9.92 Å². The molecule has 10 heteroatoms. The highest BCUT2D eigenvalue weighted by Gasteiger charge is 2.33. The van der Waals surface area contributed by atoms with E-state index in [2.05, 4.69) is 34.7 Å². The SMILES string of the molecule is CO[C@H]1CCc2c1cc1c(c2NC(=O)N=[S@](N)(=O)c2cnn3c2OCC(C)(C)C3)CCC1. The van der Waals surface area contributed by atoms with Gasteiger partial charge in [0.1, 0.15) is 4.90 Å². The van der Waals surface area contributed by atoms with Crippen molar-refractivity contribution in [1.82, 2.24) is 9.78 Å². The Morgan fingerprint density at radius 2 is 2.19 bits per heavy atom. The first-order chi connectivity index (χ1) is 15.2. The van der Waals surface area contributed by atoms with Crippen LogP contribution in [0.5, 0.6) is 5.88 Å². The summed E-state index contributed by atoms with van der Waals surface area (Å²) in [5, 5.41) is 13.2. The number of hydrogen-bond acceptors (Lipinski definition) is 5. The summed E-state index contributed by atoms with van der Waals surface area (Å²) in [6.07, 6.45) is 6.02. The van der Waals surface area contributed by atoms with Crippen LogP contribution in [0.4, 0.5) is 10.5 Å². The van der Waals surface area contributed by atoms with Crippen LogP contribution in [-0.4, -0.2) is 33.7 Å². The minimum absolute atomic E-state index is 0.0302. The maximum Gasteiger partial charge on any atom is 0.354 e. The maximum atomic E-state index is 13.2. The number of amides is 2. The van der Waals surface area contributed by atoms with Crippen molar-refractivity contribution in [2.45, 2.75) is 63.5 Å². The molecule has 0 saturated carbocycles. The molecule has 0 radical (unpaired) electrons. The monoisotopic (exact) mass is 459 g/mol. The number of nitrogens with two attached hydrogens (primary N) is 1. The second-order valence-electron chi connectivity index (χ2n) is 9.59. The molecule has 2 aromatic rings. The number of carbonyl (C=O) groups is 1. The predicted molar refractivity (Wildman–Crippen MR) is 120 cm³/mol. The minimum atomic E-state index is -3.53. The third-order valence-corrected chi connectivity index (χ3v) is 7.88. The molecule has 2 aliphatic carbocycles. The van der Waals surface area contributed by atoms with Crippen LogP contribution in [0.25, 0.3) is 0 Å². The fourth-order valence-corrected chi connectivity index (χ4v) is 6.03. The second-order valence-corrected chi connectivity index (χ2v) is 11.3. The molecule has 1 aromatic heterocycles. The quantitative estimate of drug-likeness (QED) is 0.729. The summed E-state index contributed by atoms with van der Waals surface area (Å²) in [6.45, 7) is 5.16. The first-order valence-electron chi connectivity index (χ1n) is 10.9. The van der Waals surface area contributed by atoms with Gasteiger partial charge in [0.05, 0.1) is 25.5 Å². The van der Waals surface area contributed by atoms with Gasteiger partial charge in [-0.05, 0) is 54.4 Å². The van der Waals surface area contributed by atoms with E-state index >= 15 is 0 Å². The molecule has 0 fully saturated rings. The Labute approximate surface area is 188 Å². The highest BCUT2D eigenvalue weighted by molar-refractivity contribution is 7.91. The Morgan fingerprint density at radius 1 is 1.38 bits per heavy atom. The van der Waals surface area contributed by atoms with Crippen molar-refractivity contribution in [3.8, 4) is 5.88 Å². The second kappa shape index (κ2) is 7.57. The van der Waals surface area contributed by atoms with E-state index < -0.39 is 15.9 Å². The molecule has 3 aliphatic rings. The van der Waals surface area contributed by atoms with E-state index in [1.807, 2.05) is 0 Å². The maximum absolute atomic E-state index is 13.2. The van der Waals surface area contributed by atoms with Crippen LogP contribution >= 0.6 is 0 Å². The lowest BCUT2D eigenvalue weighted by atomic mass is 9.94. The molecule has 2 amide bonds. The van der Waals surface area contributed by atoms with Crippen molar-refractivity contribution >= 4 is 21.6 Å². The van der Waals surface area contributed by atoms with Gasteiger partial charge in [-0.15, -0.1) is 4.36 Å². The number of ether oxygens (including phenoxy) is 2. The van der Waals surface area contributed by atoms with Gasteiger partial charge < -0.3 is 14.8 Å². The Hall–Kier alpha value is -2.43. The Kier molecular flexibility index (Phi) is 5.06. The van der Waals surface area contributed by atoms with Crippen molar-refractivity contribution in [3.05, 3.63) is 34.5 Å². The van der Waals surface area contributed by atoms with Gasteiger partial charge in [-0.2, -0.15) is 5.10 Å². The number of anilines is 1.